The van der Waals surface area contributed by atoms with Crippen LogP contribution in [0.3, 0.4) is 0 Å². The highest BCUT2D eigenvalue weighted by molar-refractivity contribution is 7.80. The third-order valence-electron chi connectivity index (χ3n) is 3.85. The van der Waals surface area contributed by atoms with Crippen LogP contribution < -0.4 is 10.6 Å². The molecule has 2 N–H and O–H groups in total. The van der Waals surface area contributed by atoms with Gasteiger partial charge < -0.3 is 19.8 Å². The molecule has 1 aliphatic heterocycles. The Hall–Kier alpha value is -2.02. The van der Waals surface area contributed by atoms with E-state index < -0.39 is 17.9 Å². The lowest BCUT2D eigenvalue weighted by Gasteiger charge is -2.33. The van der Waals surface area contributed by atoms with Crippen LogP contribution in [0.1, 0.15) is 11.8 Å². The highest BCUT2D eigenvalue weighted by atomic mass is 35.5. The number of thiocarbonyl (C=S) groups is 1. The van der Waals surface area contributed by atoms with E-state index in [1.807, 2.05) is 0 Å². The molecule has 0 spiro atoms. The van der Waals surface area contributed by atoms with Gasteiger partial charge in [-0.2, -0.15) is 0 Å². The highest BCUT2D eigenvalue weighted by Gasteiger charge is 2.39. The van der Waals surface area contributed by atoms with Crippen molar-refractivity contribution in [1.82, 2.24) is 10.6 Å². The van der Waals surface area contributed by atoms with E-state index in [1.54, 1.807) is 30.3 Å². The standard InChI is InChI=1S/C17H14Cl2N2O3S/c1-8-14(16(22)23-2)15(21-17(25)20-8)13-6-5-12(24-13)10-7-9(18)3-4-11(10)19/h3-7,14-15H,1H2,2H3,(H2,20,21,25)/t14-,15-/m0/s1. The average molecular weight is 397 g/mol. The Labute approximate surface area is 159 Å². The summed E-state index contributed by atoms with van der Waals surface area (Å²) in [5, 5.41) is 7.27. The van der Waals surface area contributed by atoms with Gasteiger partial charge in [0.1, 0.15) is 23.5 Å². The van der Waals surface area contributed by atoms with Crippen molar-refractivity contribution in [3.05, 3.63) is 58.4 Å². The molecule has 2 aromatic rings. The van der Waals surface area contributed by atoms with Crippen molar-refractivity contribution in [3.63, 3.8) is 0 Å². The zero-order chi connectivity index (χ0) is 18.1. The molecule has 2 atom stereocenters. The number of carbonyl (C=O) groups is 1. The Morgan fingerprint density at radius 2 is 2.08 bits per heavy atom. The first-order valence-corrected chi connectivity index (χ1v) is 8.46. The van der Waals surface area contributed by atoms with Gasteiger partial charge in [0.2, 0.25) is 0 Å². The van der Waals surface area contributed by atoms with Gasteiger partial charge in [-0.1, -0.05) is 29.8 Å². The molecule has 0 amide bonds. The van der Waals surface area contributed by atoms with Crippen molar-refractivity contribution < 1.29 is 13.9 Å². The summed E-state index contributed by atoms with van der Waals surface area (Å²) in [7, 11) is 1.32. The summed E-state index contributed by atoms with van der Waals surface area (Å²) in [5.74, 6) is -0.101. The van der Waals surface area contributed by atoms with E-state index in [9.17, 15) is 4.79 Å². The van der Waals surface area contributed by atoms with Crippen LogP contribution in [0.25, 0.3) is 11.3 Å². The molecule has 1 aromatic heterocycles. The molecule has 0 bridgehead atoms. The molecule has 5 nitrogen and oxygen atoms in total. The van der Waals surface area contributed by atoms with E-state index in [4.69, 9.17) is 44.6 Å². The van der Waals surface area contributed by atoms with Crippen LogP contribution in [0.2, 0.25) is 10.0 Å². The Bertz CT molecular complexity index is 865. The van der Waals surface area contributed by atoms with E-state index in [-0.39, 0.29) is 0 Å². The number of methoxy groups -OCH3 is 1. The summed E-state index contributed by atoms with van der Waals surface area (Å²) >= 11 is 17.4. The molecule has 8 heteroatoms. The van der Waals surface area contributed by atoms with Crippen molar-refractivity contribution in [2.24, 2.45) is 5.92 Å². The predicted octanol–water partition coefficient (Wildman–Crippen LogP) is 4.08. The number of furan rings is 1. The van der Waals surface area contributed by atoms with Crippen LogP contribution in [-0.4, -0.2) is 18.2 Å². The Morgan fingerprint density at radius 1 is 1.32 bits per heavy atom. The van der Waals surface area contributed by atoms with Crippen LogP contribution >= 0.6 is 35.4 Å². The lowest BCUT2D eigenvalue weighted by molar-refractivity contribution is -0.145. The zero-order valence-electron chi connectivity index (χ0n) is 13.1. The second-order valence-electron chi connectivity index (χ2n) is 5.43. The number of rotatable bonds is 3. The quantitative estimate of drug-likeness (QED) is 0.601. The van der Waals surface area contributed by atoms with Gasteiger partial charge in [-0.05, 0) is 42.5 Å². The van der Waals surface area contributed by atoms with Gasteiger partial charge in [0.05, 0.1) is 12.1 Å². The third kappa shape index (κ3) is 3.51. The first-order chi connectivity index (χ1) is 11.9. The summed E-state index contributed by atoms with van der Waals surface area (Å²) in [4.78, 5) is 12.2. The molecule has 0 unspecified atom stereocenters. The van der Waals surface area contributed by atoms with Crippen LogP contribution in [-0.2, 0) is 9.53 Å². The maximum Gasteiger partial charge on any atom is 0.317 e. The minimum atomic E-state index is -0.689. The lowest BCUT2D eigenvalue weighted by Crippen LogP contribution is -2.50. The number of nitrogens with one attached hydrogen (secondary N) is 2. The van der Waals surface area contributed by atoms with Crippen LogP contribution in [0.5, 0.6) is 0 Å². The molecule has 130 valence electrons. The number of hydrogen-bond donors (Lipinski definition) is 2. The fraction of sp³-hybridized carbons (Fsp3) is 0.176. The molecule has 1 fully saturated rings. The third-order valence-corrected chi connectivity index (χ3v) is 4.64. The van der Waals surface area contributed by atoms with E-state index >= 15 is 0 Å². The Kier molecular flexibility index (Phi) is 5.03. The topological polar surface area (TPSA) is 63.5 Å². The van der Waals surface area contributed by atoms with Crippen molar-refractivity contribution in [2.75, 3.05) is 7.11 Å². The second-order valence-corrected chi connectivity index (χ2v) is 6.68. The van der Waals surface area contributed by atoms with Gasteiger partial charge in [0, 0.05) is 16.3 Å². The van der Waals surface area contributed by atoms with E-state index in [0.717, 1.165) is 0 Å². The molecule has 25 heavy (non-hydrogen) atoms. The average Bonchev–Trinajstić information content (AvgIpc) is 3.05. The second kappa shape index (κ2) is 7.07. The molecule has 3 rings (SSSR count). The largest absolute Gasteiger partial charge is 0.468 e. The molecule has 2 heterocycles. The lowest BCUT2D eigenvalue weighted by atomic mass is 9.93. The molecule has 1 aromatic carbocycles. The maximum atomic E-state index is 12.2. The molecular formula is C17H14Cl2N2O3S. The number of esters is 1. The maximum absolute atomic E-state index is 12.2. The minimum absolute atomic E-state index is 0.355. The summed E-state index contributed by atoms with van der Waals surface area (Å²) < 4.78 is 10.8. The number of ether oxygens (including phenoxy) is 1. The fourth-order valence-electron chi connectivity index (χ4n) is 2.68. The van der Waals surface area contributed by atoms with Crippen molar-refractivity contribution >= 4 is 46.5 Å². The number of carbonyl (C=O) groups excluding carboxylic acids is 1. The van der Waals surface area contributed by atoms with Crippen LogP contribution in [0, 0.1) is 5.92 Å². The summed E-state index contributed by atoms with van der Waals surface area (Å²) in [6.45, 7) is 3.86. The Morgan fingerprint density at radius 3 is 2.80 bits per heavy atom. The van der Waals surface area contributed by atoms with Gasteiger partial charge in [-0.3, -0.25) is 4.79 Å². The SMILES string of the molecule is C=C1NC(=S)N[C@@H](c2ccc(-c3cc(Cl)ccc3Cl)o2)[C@H]1C(=O)OC. The number of benzene rings is 1. The first-order valence-electron chi connectivity index (χ1n) is 7.30. The van der Waals surface area contributed by atoms with E-state index in [0.29, 0.717) is 37.9 Å². The molecule has 1 aliphatic rings. The van der Waals surface area contributed by atoms with Gasteiger partial charge in [-0.25, -0.2) is 0 Å². The smallest absolute Gasteiger partial charge is 0.317 e. The van der Waals surface area contributed by atoms with Crippen molar-refractivity contribution in [1.29, 1.82) is 0 Å². The molecule has 0 saturated carbocycles. The predicted molar refractivity (Wildman–Crippen MR) is 100 cm³/mol. The fourth-order valence-corrected chi connectivity index (χ4v) is 3.32. The van der Waals surface area contributed by atoms with Crippen molar-refractivity contribution in [3.8, 4) is 11.3 Å². The molecule has 0 radical (unpaired) electrons. The Balaban J connectivity index is 1.99. The van der Waals surface area contributed by atoms with Gasteiger partial charge >= 0.3 is 5.97 Å². The normalized spacial score (nSPS) is 20.0. The van der Waals surface area contributed by atoms with E-state index in [1.165, 1.54) is 7.11 Å². The van der Waals surface area contributed by atoms with Gasteiger partial charge in [-0.15, -0.1) is 0 Å². The number of hydrogen-bond acceptors (Lipinski definition) is 4. The van der Waals surface area contributed by atoms with Crippen LogP contribution in [0.4, 0.5) is 0 Å². The summed E-state index contributed by atoms with van der Waals surface area (Å²) in [6, 6.07) is 8.07. The molecular weight excluding hydrogens is 383 g/mol. The van der Waals surface area contributed by atoms with E-state index in [2.05, 4.69) is 17.2 Å². The highest BCUT2D eigenvalue weighted by Crippen LogP contribution is 2.36. The van der Waals surface area contributed by atoms with Gasteiger partial charge in [0.25, 0.3) is 0 Å². The monoisotopic (exact) mass is 396 g/mol. The molecule has 1 saturated heterocycles. The van der Waals surface area contributed by atoms with Gasteiger partial charge in [0.15, 0.2) is 5.11 Å². The first kappa shape index (κ1) is 17.8. The van der Waals surface area contributed by atoms with Crippen molar-refractivity contribution in [2.45, 2.75) is 6.04 Å². The summed E-state index contributed by atoms with van der Waals surface area (Å²) in [6.07, 6.45) is 0. The van der Waals surface area contributed by atoms with Crippen LogP contribution in [0.15, 0.2) is 47.0 Å². The molecule has 0 aliphatic carbocycles. The zero-order valence-corrected chi connectivity index (χ0v) is 15.5. The summed E-state index contributed by atoms with van der Waals surface area (Å²) in [5.41, 5.74) is 1.10. The number of halogens is 2. The minimum Gasteiger partial charge on any atom is -0.468 e.